The molecule has 1 aliphatic rings. The van der Waals surface area contributed by atoms with Gasteiger partial charge in [0.2, 0.25) is 0 Å². The molecule has 3 nitrogen and oxygen atoms in total. The summed E-state index contributed by atoms with van der Waals surface area (Å²) in [6.07, 6.45) is 5.03. The first-order chi connectivity index (χ1) is 10.7. The van der Waals surface area contributed by atoms with Crippen LogP contribution < -0.4 is 4.48 Å². The lowest BCUT2D eigenvalue weighted by Gasteiger charge is -2.27. The SMILES string of the molecule is C[N+]1(c2ccc3cc(CCO)[nH]c3c2)C=Cc2cc[c]cc21. The molecule has 1 aliphatic heterocycles. The zero-order chi connectivity index (χ0) is 15.2. The summed E-state index contributed by atoms with van der Waals surface area (Å²) in [7, 11) is 2.19. The highest BCUT2D eigenvalue weighted by Crippen LogP contribution is 2.41. The van der Waals surface area contributed by atoms with Crippen LogP contribution in [0.4, 0.5) is 11.4 Å². The minimum atomic E-state index is 0.166. The molecule has 0 aliphatic carbocycles. The van der Waals surface area contributed by atoms with E-state index in [1.54, 1.807) is 0 Å². The van der Waals surface area contributed by atoms with E-state index >= 15 is 0 Å². The average Bonchev–Trinajstić information content (AvgIpc) is 3.09. The molecule has 0 spiro atoms. The van der Waals surface area contributed by atoms with Crippen LogP contribution in [0.25, 0.3) is 17.0 Å². The Labute approximate surface area is 129 Å². The van der Waals surface area contributed by atoms with Crippen molar-refractivity contribution in [3.05, 3.63) is 66.0 Å². The summed E-state index contributed by atoms with van der Waals surface area (Å²) in [5, 5.41) is 10.3. The van der Waals surface area contributed by atoms with Gasteiger partial charge in [-0.15, -0.1) is 0 Å². The van der Waals surface area contributed by atoms with Gasteiger partial charge in [-0.3, -0.25) is 0 Å². The van der Waals surface area contributed by atoms with Gasteiger partial charge >= 0.3 is 0 Å². The van der Waals surface area contributed by atoms with Crippen LogP contribution in [0.15, 0.2) is 48.7 Å². The summed E-state index contributed by atoms with van der Waals surface area (Å²) in [6.45, 7) is 0.166. The number of fused-ring (bicyclic) bond motifs is 2. The normalized spacial score (nSPS) is 19.7. The van der Waals surface area contributed by atoms with Crippen molar-refractivity contribution >= 4 is 28.4 Å². The maximum atomic E-state index is 9.09. The van der Waals surface area contributed by atoms with E-state index in [9.17, 15) is 0 Å². The monoisotopic (exact) mass is 290 g/mol. The van der Waals surface area contributed by atoms with Crippen molar-refractivity contribution in [3.8, 4) is 0 Å². The van der Waals surface area contributed by atoms with Crippen LogP contribution in [-0.2, 0) is 6.42 Å². The van der Waals surface area contributed by atoms with Crippen LogP contribution >= 0.6 is 0 Å². The predicted octanol–water partition coefficient (Wildman–Crippen LogP) is 3.76. The zero-order valence-corrected chi connectivity index (χ0v) is 12.5. The number of nitrogens with one attached hydrogen (secondary N) is 1. The second-order valence-electron chi connectivity index (χ2n) is 5.92. The summed E-state index contributed by atoms with van der Waals surface area (Å²) in [5.41, 5.74) is 5.88. The van der Waals surface area contributed by atoms with Gasteiger partial charge in [0.25, 0.3) is 0 Å². The standard InChI is InChI=1S/C19H18N2O/c1-21(10-8-14-4-2-3-5-19(14)21)17-7-6-15-12-16(9-11-22)20-18(15)13-17/h2,4-8,10,12-13,20,22H,9,11H2,1H3/q+1. The van der Waals surface area contributed by atoms with Crippen LogP contribution in [0.3, 0.4) is 0 Å². The van der Waals surface area contributed by atoms with Gasteiger partial charge in [0.15, 0.2) is 0 Å². The molecule has 2 aromatic carbocycles. The van der Waals surface area contributed by atoms with Crippen LogP contribution in [0.1, 0.15) is 11.3 Å². The zero-order valence-electron chi connectivity index (χ0n) is 12.5. The van der Waals surface area contributed by atoms with E-state index in [4.69, 9.17) is 5.11 Å². The van der Waals surface area contributed by atoms with E-state index in [-0.39, 0.29) is 6.61 Å². The van der Waals surface area contributed by atoms with Crippen LogP contribution in [-0.4, -0.2) is 23.7 Å². The number of hydrogen-bond acceptors (Lipinski definition) is 1. The molecule has 0 saturated heterocycles. The van der Waals surface area contributed by atoms with E-state index in [0.29, 0.717) is 10.9 Å². The molecule has 4 rings (SSSR count). The van der Waals surface area contributed by atoms with E-state index in [1.807, 2.05) is 6.07 Å². The van der Waals surface area contributed by atoms with Gasteiger partial charge in [0.05, 0.1) is 12.6 Å². The number of aromatic nitrogens is 1. The summed E-state index contributed by atoms with van der Waals surface area (Å²) >= 11 is 0. The Morgan fingerprint density at radius 2 is 2.14 bits per heavy atom. The van der Waals surface area contributed by atoms with Crippen LogP contribution in [0.5, 0.6) is 0 Å². The number of hydrogen-bond donors (Lipinski definition) is 2. The minimum Gasteiger partial charge on any atom is -0.396 e. The van der Waals surface area contributed by atoms with Crippen LogP contribution in [0.2, 0.25) is 0 Å². The second kappa shape index (κ2) is 4.83. The number of aliphatic hydroxyl groups is 1. The number of nitrogens with zero attached hydrogens (tertiary/aromatic N) is 1. The third kappa shape index (κ3) is 1.90. The van der Waals surface area contributed by atoms with Gasteiger partial charge in [-0.25, -0.2) is 4.48 Å². The fourth-order valence-corrected chi connectivity index (χ4v) is 3.23. The Bertz CT molecular complexity index is 878. The average molecular weight is 290 g/mol. The summed E-state index contributed by atoms with van der Waals surface area (Å²) < 4.78 is 0.650. The number of rotatable bonds is 3. The van der Waals surface area contributed by atoms with Crippen molar-refractivity contribution in [2.45, 2.75) is 6.42 Å². The first-order valence-corrected chi connectivity index (χ1v) is 7.50. The highest BCUT2D eigenvalue weighted by atomic mass is 16.3. The molecular weight excluding hydrogens is 272 g/mol. The molecule has 0 bridgehead atoms. The smallest absolute Gasteiger partial charge is 0.150 e. The van der Waals surface area contributed by atoms with Crippen molar-refractivity contribution in [3.63, 3.8) is 0 Å². The van der Waals surface area contributed by atoms with Gasteiger partial charge in [-0.05, 0) is 24.3 Å². The van der Waals surface area contributed by atoms with Crippen molar-refractivity contribution in [1.29, 1.82) is 0 Å². The highest BCUT2D eigenvalue weighted by Gasteiger charge is 2.32. The molecule has 3 heteroatoms. The van der Waals surface area contributed by atoms with Crippen LogP contribution in [0, 0.1) is 6.07 Å². The third-order valence-electron chi connectivity index (χ3n) is 4.51. The lowest BCUT2D eigenvalue weighted by molar-refractivity contribution is 0.298. The van der Waals surface area contributed by atoms with Crippen molar-refractivity contribution in [2.75, 3.05) is 13.7 Å². The first kappa shape index (κ1) is 13.3. The van der Waals surface area contributed by atoms with E-state index in [0.717, 1.165) is 11.2 Å². The number of H-pyrrole nitrogens is 1. The highest BCUT2D eigenvalue weighted by molar-refractivity contribution is 5.86. The number of aliphatic hydroxyl groups excluding tert-OH is 1. The molecule has 1 radical (unpaired) electrons. The topological polar surface area (TPSA) is 36.0 Å². The van der Waals surface area contributed by atoms with Gasteiger partial charge in [-0.1, -0.05) is 6.07 Å². The molecular formula is C19H18N2O+. The largest absolute Gasteiger partial charge is 0.396 e. The molecule has 3 aromatic rings. The molecule has 0 fully saturated rings. The Hall–Kier alpha value is -2.36. The molecule has 109 valence electrons. The summed E-state index contributed by atoms with van der Waals surface area (Å²) in [5.74, 6) is 0. The molecule has 1 unspecified atom stereocenters. The first-order valence-electron chi connectivity index (χ1n) is 7.50. The Morgan fingerprint density at radius 1 is 1.23 bits per heavy atom. The number of quaternary nitrogens is 1. The van der Waals surface area contributed by atoms with Gasteiger partial charge < -0.3 is 10.1 Å². The number of aromatic amines is 1. The van der Waals surface area contributed by atoms with Gasteiger partial charge in [0.1, 0.15) is 17.6 Å². The fourth-order valence-electron chi connectivity index (χ4n) is 3.23. The van der Waals surface area contributed by atoms with Gasteiger partial charge in [-0.2, -0.15) is 0 Å². The van der Waals surface area contributed by atoms with Crippen molar-refractivity contribution in [1.82, 2.24) is 9.47 Å². The van der Waals surface area contributed by atoms with E-state index in [2.05, 4.69) is 66.8 Å². The summed E-state index contributed by atoms with van der Waals surface area (Å²) in [6, 6.07) is 17.9. The molecule has 1 aromatic heterocycles. The Balaban J connectivity index is 1.83. The second-order valence-corrected chi connectivity index (χ2v) is 5.92. The van der Waals surface area contributed by atoms with E-state index < -0.39 is 0 Å². The fraction of sp³-hybridized carbons (Fsp3) is 0.158. The lowest BCUT2D eigenvalue weighted by Crippen LogP contribution is -2.31. The summed E-state index contributed by atoms with van der Waals surface area (Å²) in [4.78, 5) is 3.40. The van der Waals surface area contributed by atoms with E-state index in [1.165, 1.54) is 22.3 Å². The molecule has 0 amide bonds. The molecule has 22 heavy (non-hydrogen) atoms. The quantitative estimate of drug-likeness (QED) is 0.708. The minimum absolute atomic E-state index is 0.166. The molecule has 0 saturated carbocycles. The Kier molecular flexibility index (Phi) is 2.93. The predicted molar refractivity (Wildman–Crippen MR) is 90.8 cm³/mol. The Morgan fingerprint density at radius 3 is 3.00 bits per heavy atom. The maximum Gasteiger partial charge on any atom is 0.150 e. The third-order valence-corrected chi connectivity index (χ3v) is 4.51. The van der Waals surface area contributed by atoms with Crippen molar-refractivity contribution < 1.29 is 5.11 Å². The van der Waals surface area contributed by atoms with Gasteiger partial charge in [0, 0.05) is 53.9 Å². The molecule has 2 N–H and O–H groups in total. The maximum absolute atomic E-state index is 9.09. The van der Waals surface area contributed by atoms with Crippen molar-refractivity contribution in [2.24, 2.45) is 0 Å². The molecule has 2 heterocycles. The number of benzene rings is 2. The lowest BCUT2D eigenvalue weighted by atomic mass is 10.1. The molecule has 1 atom stereocenters.